The van der Waals surface area contributed by atoms with E-state index in [1.54, 1.807) is 19.1 Å². The minimum Gasteiger partial charge on any atom is -0.466 e. The van der Waals surface area contributed by atoms with Crippen molar-refractivity contribution >= 4 is 15.8 Å². The van der Waals surface area contributed by atoms with Gasteiger partial charge in [-0.3, -0.25) is 0 Å². The maximum Gasteiger partial charge on any atom is 0.330 e. The van der Waals surface area contributed by atoms with Gasteiger partial charge >= 0.3 is 5.97 Å². The van der Waals surface area contributed by atoms with Gasteiger partial charge in [-0.1, -0.05) is 18.2 Å². The van der Waals surface area contributed by atoms with Gasteiger partial charge in [0.25, 0.3) is 0 Å². The second-order valence-corrected chi connectivity index (χ2v) is 5.91. The molecule has 0 radical (unpaired) electrons. The van der Waals surface area contributed by atoms with Gasteiger partial charge in [-0.25, -0.2) is 13.2 Å². The van der Waals surface area contributed by atoms with E-state index in [1.165, 1.54) is 19.3 Å². The van der Waals surface area contributed by atoms with Gasteiger partial charge in [-0.05, 0) is 13.3 Å². The highest BCUT2D eigenvalue weighted by molar-refractivity contribution is 7.93. The van der Waals surface area contributed by atoms with Crippen LogP contribution in [-0.4, -0.2) is 32.0 Å². The van der Waals surface area contributed by atoms with Crippen LogP contribution in [0.25, 0.3) is 0 Å². The lowest BCUT2D eigenvalue weighted by Crippen LogP contribution is -2.21. The van der Waals surface area contributed by atoms with E-state index in [0.29, 0.717) is 6.42 Å². The van der Waals surface area contributed by atoms with Crippen molar-refractivity contribution in [1.29, 1.82) is 0 Å². The van der Waals surface area contributed by atoms with Crippen molar-refractivity contribution < 1.29 is 17.9 Å². The second-order valence-electron chi connectivity index (χ2n) is 3.38. The monoisotopic (exact) mass is 230 g/mol. The zero-order chi connectivity index (χ0) is 11.5. The van der Waals surface area contributed by atoms with Gasteiger partial charge in [0.2, 0.25) is 0 Å². The number of allylic oxidation sites excluding steroid dienone is 1. The summed E-state index contributed by atoms with van der Waals surface area (Å²) in [6, 6.07) is 0. The molecule has 15 heavy (non-hydrogen) atoms. The molecule has 0 aromatic heterocycles. The Hall–Kier alpha value is -1.10. The molecule has 2 atom stereocenters. The Balaban J connectivity index is 2.59. The molecule has 1 rings (SSSR count). The molecule has 0 amide bonds. The van der Waals surface area contributed by atoms with E-state index in [1.807, 2.05) is 0 Å². The molecule has 1 heterocycles. The number of sulfone groups is 1. The Bertz CT molecular complexity index is 392. The highest BCUT2D eigenvalue weighted by Crippen LogP contribution is 2.22. The molecular formula is C10H14O4S. The number of rotatable bonds is 3. The quantitative estimate of drug-likeness (QED) is 0.409. The highest BCUT2D eigenvalue weighted by Gasteiger charge is 2.31. The summed E-state index contributed by atoms with van der Waals surface area (Å²) in [6.07, 6.45) is 6.43. The van der Waals surface area contributed by atoms with Crippen molar-refractivity contribution in [2.45, 2.75) is 23.8 Å². The third-order valence-corrected chi connectivity index (χ3v) is 4.75. The van der Waals surface area contributed by atoms with Gasteiger partial charge < -0.3 is 4.74 Å². The van der Waals surface area contributed by atoms with Gasteiger partial charge in [0.05, 0.1) is 17.6 Å². The van der Waals surface area contributed by atoms with E-state index in [0.717, 1.165) is 0 Å². The van der Waals surface area contributed by atoms with Crippen LogP contribution in [-0.2, 0) is 19.4 Å². The number of esters is 1. The Kier molecular flexibility index (Phi) is 3.68. The molecule has 0 spiro atoms. The molecule has 4 nitrogen and oxygen atoms in total. The first-order chi connectivity index (χ1) is 6.98. The third-order valence-electron chi connectivity index (χ3n) is 2.36. The van der Waals surface area contributed by atoms with Crippen LogP contribution in [0.15, 0.2) is 24.3 Å². The molecule has 0 aromatic rings. The Morgan fingerprint density at radius 1 is 1.47 bits per heavy atom. The van der Waals surface area contributed by atoms with Crippen LogP contribution in [0.2, 0.25) is 0 Å². The average Bonchev–Trinajstić information content (AvgIpc) is 2.44. The minimum atomic E-state index is -3.08. The van der Waals surface area contributed by atoms with Crippen molar-refractivity contribution in [3.63, 3.8) is 0 Å². The SMILES string of the molecule is COC(=O)/C=C/C[C@H]1C=C[C@H](C)S1(=O)=O. The van der Waals surface area contributed by atoms with Crippen LogP contribution >= 0.6 is 0 Å². The standard InChI is InChI=1S/C10H14O4S/c1-8-6-7-9(15(8,12)13)4-3-5-10(11)14-2/h3,5-9H,4H2,1-2H3/b5-3+/t8-,9-/m0/s1. The van der Waals surface area contributed by atoms with Crippen molar-refractivity contribution in [1.82, 2.24) is 0 Å². The first-order valence-corrected chi connectivity index (χ1v) is 6.25. The molecule has 0 aromatic carbocycles. The van der Waals surface area contributed by atoms with Crippen LogP contribution in [0.3, 0.4) is 0 Å². The van der Waals surface area contributed by atoms with Crippen molar-refractivity contribution in [3.8, 4) is 0 Å². The summed E-state index contributed by atoms with van der Waals surface area (Å²) in [6.45, 7) is 1.65. The summed E-state index contributed by atoms with van der Waals surface area (Å²) in [4.78, 5) is 10.7. The summed E-state index contributed by atoms with van der Waals surface area (Å²) >= 11 is 0. The van der Waals surface area contributed by atoms with E-state index in [4.69, 9.17) is 0 Å². The largest absolute Gasteiger partial charge is 0.466 e. The number of ether oxygens (including phenoxy) is 1. The Morgan fingerprint density at radius 3 is 2.60 bits per heavy atom. The van der Waals surface area contributed by atoms with Gasteiger partial charge in [0, 0.05) is 6.08 Å². The highest BCUT2D eigenvalue weighted by atomic mass is 32.2. The molecule has 0 N–H and O–H groups in total. The summed E-state index contributed by atoms with van der Waals surface area (Å²) in [7, 11) is -1.81. The summed E-state index contributed by atoms with van der Waals surface area (Å²) < 4.78 is 27.6. The zero-order valence-corrected chi connectivity index (χ0v) is 9.53. The molecular weight excluding hydrogens is 216 g/mol. The normalized spacial score (nSPS) is 28.4. The molecule has 0 aliphatic carbocycles. The van der Waals surface area contributed by atoms with Gasteiger partial charge in [0.15, 0.2) is 9.84 Å². The lowest BCUT2D eigenvalue weighted by atomic mass is 10.2. The third kappa shape index (κ3) is 2.68. The summed E-state index contributed by atoms with van der Waals surface area (Å²) in [5, 5.41) is -0.928. The second kappa shape index (κ2) is 4.61. The van der Waals surface area contributed by atoms with Gasteiger partial charge in [-0.15, -0.1) is 0 Å². The number of hydrogen-bond donors (Lipinski definition) is 0. The summed E-state index contributed by atoms with van der Waals surface area (Å²) in [5.74, 6) is -0.470. The maximum absolute atomic E-state index is 11.6. The lowest BCUT2D eigenvalue weighted by molar-refractivity contribution is -0.134. The van der Waals surface area contributed by atoms with Crippen molar-refractivity contribution in [3.05, 3.63) is 24.3 Å². The lowest BCUT2D eigenvalue weighted by Gasteiger charge is -2.07. The zero-order valence-electron chi connectivity index (χ0n) is 8.71. The first kappa shape index (κ1) is 12.0. The van der Waals surface area contributed by atoms with Crippen molar-refractivity contribution in [2.24, 2.45) is 0 Å². The molecule has 0 saturated heterocycles. The predicted molar refractivity (Wildman–Crippen MR) is 57.1 cm³/mol. The topological polar surface area (TPSA) is 60.4 Å². The van der Waals surface area contributed by atoms with Crippen LogP contribution in [0, 0.1) is 0 Å². The van der Waals surface area contributed by atoms with Crippen LogP contribution in [0.1, 0.15) is 13.3 Å². The Morgan fingerprint density at radius 2 is 2.13 bits per heavy atom. The van der Waals surface area contributed by atoms with Gasteiger partial charge in [0.1, 0.15) is 0 Å². The van der Waals surface area contributed by atoms with E-state index < -0.39 is 26.3 Å². The molecule has 1 aliphatic heterocycles. The molecule has 0 fully saturated rings. The summed E-state index contributed by atoms with van der Waals surface area (Å²) in [5.41, 5.74) is 0. The molecule has 0 saturated carbocycles. The first-order valence-electron chi connectivity index (χ1n) is 4.64. The predicted octanol–water partition coefficient (Wildman–Crippen LogP) is 0.847. The Labute approximate surface area is 89.5 Å². The van der Waals surface area contributed by atoms with Crippen molar-refractivity contribution in [2.75, 3.05) is 7.11 Å². The van der Waals surface area contributed by atoms with Crippen LogP contribution in [0.4, 0.5) is 0 Å². The minimum absolute atomic E-state index is 0.318. The van der Waals surface area contributed by atoms with Crippen LogP contribution in [0.5, 0.6) is 0 Å². The number of carbonyl (C=O) groups is 1. The molecule has 1 aliphatic rings. The molecule has 5 heteroatoms. The van der Waals surface area contributed by atoms with E-state index in [9.17, 15) is 13.2 Å². The number of hydrogen-bond acceptors (Lipinski definition) is 4. The van der Waals surface area contributed by atoms with Crippen LogP contribution < -0.4 is 0 Å². The fraction of sp³-hybridized carbons (Fsp3) is 0.500. The van der Waals surface area contributed by atoms with E-state index >= 15 is 0 Å². The van der Waals surface area contributed by atoms with E-state index in [2.05, 4.69) is 4.74 Å². The number of carbonyl (C=O) groups excluding carboxylic acids is 1. The number of methoxy groups -OCH3 is 1. The molecule has 84 valence electrons. The maximum atomic E-state index is 11.6. The fourth-order valence-corrected chi connectivity index (χ4v) is 2.90. The van der Waals surface area contributed by atoms with E-state index in [-0.39, 0.29) is 0 Å². The molecule has 0 unspecified atom stereocenters. The smallest absolute Gasteiger partial charge is 0.330 e. The average molecular weight is 230 g/mol. The fourth-order valence-electron chi connectivity index (χ4n) is 1.35. The van der Waals surface area contributed by atoms with Gasteiger partial charge in [-0.2, -0.15) is 0 Å². The molecule has 0 bridgehead atoms.